The third-order valence-corrected chi connectivity index (χ3v) is 4.04. The molecule has 0 aromatic heterocycles. The van der Waals surface area contributed by atoms with Crippen LogP contribution in [0.4, 0.5) is 0 Å². The predicted octanol–water partition coefficient (Wildman–Crippen LogP) is 1.87. The summed E-state index contributed by atoms with van der Waals surface area (Å²) in [5.74, 6) is 0.852. The van der Waals surface area contributed by atoms with E-state index >= 15 is 0 Å². The van der Waals surface area contributed by atoms with E-state index in [1.165, 1.54) is 32.1 Å². The molecule has 0 aliphatic carbocycles. The zero-order chi connectivity index (χ0) is 11.3. The molecular weight excluding hydrogens is 200 g/mol. The lowest BCUT2D eigenvalue weighted by molar-refractivity contribution is 0.0517. The van der Waals surface area contributed by atoms with Gasteiger partial charge in [0.25, 0.3) is 0 Å². The third kappa shape index (κ3) is 3.05. The summed E-state index contributed by atoms with van der Waals surface area (Å²) in [6.07, 6.45) is 8.53. The van der Waals surface area contributed by atoms with Crippen LogP contribution in [0, 0.1) is 11.3 Å². The molecule has 2 rings (SSSR count). The molecule has 0 atom stereocenters. The minimum absolute atomic E-state index is 0.377. The second kappa shape index (κ2) is 5.78. The number of piperidine rings is 1. The molecule has 0 unspecified atom stereocenters. The molecule has 2 aliphatic heterocycles. The maximum absolute atomic E-state index is 5.44. The van der Waals surface area contributed by atoms with E-state index in [0.29, 0.717) is 5.41 Å². The molecule has 0 bridgehead atoms. The van der Waals surface area contributed by atoms with Gasteiger partial charge in [-0.25, -0.2) is 0 Å². The van der Waals surface area contributed by atoms with E-state index in [4.69, 9.17) is 4.74 Å². The normalized spacial score (nSPS) is 27.3. The maximum Gasteiger partial charge on any atom is 0.0468 e. The van der Waals surface area contributed by atoms with Gasteiger partial charge in [-0.2, -0.15) is 0 Å². The minimum atomic E-state index is 0.377. The van der Waals surface area contributed by atoms with Crippen LogP contribution in [0.15, 0.2) is 4.99 Å². The van der Waals surface area contributed by atoms with Crippen molar-refractivity contribution < 1.29 is 4.74 Å². The van der Waals surface area contributed by atoms with Crippen LogP contribution in [0.25, 0.3) is 0 Å². The van der Waals surface area contributed by atoms with E-state index in [0.717, 1.165) is 32.2 Å². The van der Waals surface area contributed by atoms with E-state index in [-0.39, 0.29) is 0 Å². The van der Waals surface area contributed by atoms with Crippen LogP contribution in [-0.4, -0.2) is 39.6 Å². The van der Waals surface area contributed by atoms with Crippen molar-refractivity contribution >= 4 is 6.21 Å². The Morgan fingerprint density at radius 2 is 2.00 bits per heavy atom. The Bertz CT molecular complexity index is 228. The summed E-state index contributed by atoms with van der Waals surface area (Å²) >= 11 is 0. The zero-order valence-electron chi connectivity index (χ0n) is 10.4. The Morgan fingerprint density at radius 3 is 2.62 bits per heavy atom. The van der Waals surface area contributed by atoms with Crippen LogP contribution in [0.1, 0.15) is 32.1 Å². The number of hydrogen-bond donors (Lipinski definition) is 1. The minimum Gasteiger partial charge on any atom is -0.381 e. The number of nitrogens with one attached hydrogen (secondary N) is 1. The van der Waals surface area contributed by atoms with Gasteiger partial charge in [0.1, 0.15) is 0 Å². The van der Waals surface area contributed by atoms with Crippen molar-refractivity contribution in [3.05, 3.63) is 0 Å². The number of rotatable bonds is 3. The highest BCUT2D eigenvalue weighted by Crippen LogP contribution is 2.37. The number of aliphatic imine (C=N–C) groups is 1. The Morgan fingerprint density at radius 1 is 1.31 bits per heavy atom. The lowest BCUT2D eigenvalue weighted by Gasteiger charge is -2.38. The average Bonchev–Trinajstić information content (AvgIpc) is 2.31. The fraction of sp³-hybridized carbons (Fsp3) is 0.923. The SMILES string of the molecule is CN=CC1(CC2CCOCC2)CCNCC1. The molecule has 92 valence electrons. The fourth-order valence-electron chi connectivity index (χ4n) is 3.11. The molecule has 2 aliphatic rings. The summed E-state index contributed by atoms with van der Waals surface area (Å²) in [6.45, 7) is 4.22. The third-order valence-electron chi connectivity index (χ3n) is 4.04. The van der Waals surface area contributed by atoms with Gasteiger partial charge >= 0.3 is 0 Å². The topological polar surface area (TPSA) is 33.6 Å². The van der Waals surface area contributed by atoms with Crippen molar-refractivity contribution in [3.63, 3.8) is 0 Å². The Kier molecular flexibility index (Phi) is 4.36. The van der Waals surface area contributed by atoms with Crippen molar-refractivity contribution in [3.8, 4) is 0 Å². The molecule has 2 fully saturated rings. The van der Waals surface area contributed by atoms with E-state index in [2.05, 4.69) is 16.5 Å². The number of ether oxygens (including phenoxy) is 1. The van der Waals surface area contributed by atoms with Crippen LogP contribution in [-0.2, 0) is 4.74 Å². The summed E-state index contributed by atoms with van der Waals surface area (Å²) < 4.78 is 5.44. The van der Waals surface area contributed by atoms with Gasteiger partial charge in [-0.3, -0.25) is 0 Å². The molecule has 1 N–H and O–H groups in total. The zero-order valence-corrected chi connectivity index (χ0v) is 10.4. The van der Waals surface area contributed by atoms with Crippen molar-refractivity contribution in [1.82, 2.24) is 5.32 Å². The van der Waals surface area contributed by atoms with Crippen molar-refractivity contribution in [2.75, 3.05) is 33.4 Å². The summed E-state index contributed by atoms with van der Waals surface area (Å²) in [5.41, 5.74) is 0.377. The largest absolute Gasteiger partial charge is 0.381 e. The first kappa shape index (κ1) is 12.1. The van der Waals surface area contributed by atoms with E-state index in [9.17, 15) is 0 Å². The first-order chi connectivity index (χ1) is 7.85. The molecule has 3 heteroatoms. The van der Waals surface area contributed by atoms with Gasteiger partial charge in [0, 0.05) is 31.9 Å². The summed E-state index contributed by atoms with van der Waals surface area (Å²) in [7, 11) is 1.91. The van der Waals surface area contributed by atoms with Crippen molar-refractivity contribution in [2.45, 2.75) is 32.1 Å². The van der Waals surface area contributed by atoms with Gasteiger partial charge in [-0.15, -0.1) is 0 Å². The molecule has 2 heterocycles. The Labute approximate surface area is 98.7 Å². The Balaban J connectivity index is 1.95. The summed E-state index contributed by atoms with van der Waals surface area (Å²) in [6, 6.07) is 0. The van der Waals surface area contributed by atoms with Crippen molar-refractivity contribution in [2.24, 2.45) is 16.3 Å². The van der Waals surface area contributed by atoms with E-state index < -0.39 is 0 Å². The molecule has 0 amide bonds. The van der Waals surface area contributed by atoms with Crippen LogP contribution in [0.5, 0.6) is 0 Å². The molecule has 0 saturated carbocycles. The van der Waals surface area contributed by atoms with E-state index in [1.807, 2.05) is 7.05 Å². The van der Waals surface area contributed by atoms with Gasteiger partial charge < -0.3 is 15.0 Å². The quantitative estimate of drug-likeness (QED) is 0.743. The number of nitrogens with zero attached hydrogens (tertiary/aromatic N) is 1. The molecular formula is C13H24N2O. The number of hydrogen-bond acceptors (Lipinski definition) is 3. The van der Waals surface area contributed by atoms with Gasteiger partial charge in [0.2, 0.25) is 0 Å². The molecule has 16 heavy (non-hydrogen) atoms. The van der Waals surface area contributed by atoms with E-state index in [1.54, 1.807) is 0 Å². The van der Waals surface area contributed by atoms with Gasteiger partial charge in [-0.1, -0.05) is 0 Å². The van der Waals surface area contributed by atoms with Gasteiger partial charge in [-0.05, 0) is 51.1 Å². The molecule has 0 aromatic carbocycles. The summed E-state index contributed by atoms with van der Waals surface area (Å²) in [5, 5.41) is 3.45. The Hall–Kier alpha value is -0.410. The molecule has 3 nitrogen and oxygen atoms in total. The van der Waals surface area contributed by atoms with Crippen LogP contribution in [0.2, 0.25) is 0 Å². The second-order valence-corrected chi connectivity index (χ2v) is 5.26. The maximum atomic E-state index is 5.44. The molecule has 0 radical (unpaired) electrons. The molecule has 2 saturated heterocycles. The van der Waals surface area contributed by atoms with Gasteiger partial charge in [0.05, 0.1) is 0 Å². The monoisotopic (exact) mass is 224 g/mol. The van der Waals surface area contributed by atoms with Crippen molar-refractivity contribution in [1.29, 1.82) is 0 Å². The molecule has 0 aromatic rings. The van der Waals surface area contributed by atoms with Gasteiger partial charge in [0.15, 0.2) is 0 Å². The van der Waals surface area contributed by atoms with Crippen LogP contribution < -0.4 is 5.32 Å². The van der Waals surface area contributed by atoms with Crippen LogP contribution in [0.3, 0.4) is 0 Å². The molecule has 0 spiro atoms. The standard InChI is InChI=1S/C13H24N2O/c1-14-11-13(4-6-15-7-5-13)10-12-2-8-16-9-3-12/h11-12,15H,2-10H2,1H3. The second-order valence-electron chi connectivity index (χ2n) is 5.26. The average molecular weight is 224 g/mol. The first-order valence-electron chi connectivity index (χ1n) is 6.56. The van der Waals surface area contributed by atoms with Crippen LogP contribution >= 0.6 is 0 Å². The first-order valence-corrected chi connectivity index (χ1v) is 6.56. The highest BCUT2D eigenvalue weighted by atomic mass is 16.5. The predicted molar refractivity (Wildman–Crippen MR) is 67.1 cm³/mol. The lowest BCUT2D eigenvalue weighted by atomic mass is 9.72. The fourth-order valence-corrected chi connectivity index (χ4v) is 3.11. The lowest BCUT2D eigenvalue weighted by Crippen LogP contribution is -2.39. The highest BCUT2D eigenvalue weighted by molar-refractivity contribution is 5.65. The smallest absolute Gasteiger partial charge is 0.0468 e. The highest BCUT2D eigenvalue weighted by Gasteiger charge is 2.33. The summed E-state index contributed by atoms with van der Waals surface area (Å²) in [4.78, 5) is 4.31.